The van der Waals surface area contributed by atoms with Crippen LogP contribution in [-0.4, -0.2) is 21.5 Å². The Morgan fingerprint density at radius 3 is 2.29 bits per heavy atom. The summed E-state index contributed by atoms with van der Waals surface area (Å²) in [4.78, 5) is 6.76. The fourth-order valence-corrected chi connectivity index (χ4v) is 2.81. The monoisotopic (exact) mass is 232 g/mol. The quantitative estimate of drug-likeness (QED) is 0.791. The first-order valence-electron chi connectivity index (χ1n) is 6.73. The van der Waals surface area contributed by atoms with Gasteiger partial charge in [0.2, 0.25) is 0 Å². The number of rotatable bonds is 3. The molecule has 1 heterocycles. The summed E-state index contributed by atoms with van der Waals surface area (Å²) < 4.78 is 0. The van der Waals surface area contributed by atoms with Crippen molar-refractivity contribution in [1.29, 1.82) is 0 Å². The molecular formula is C15H24N2. The van der Waals surface area contributed by atoms with Crippen LogP contribution in [0.25, 0.3) is 0 Å². The lowest BCUT2D eigenvalue weighted by molar-refractivity contribution is 0.0754. The molecule has 2 heteroatoms. The summed E-state index contributed by atoms with van der Waals surface area (Å²) in [7, 11) is 0. The molecule has 1 saturated carbocycles. The molecule has 0 radical (unpaired) electrons. The van der Waals surface area contributed by atoms with Gasteiger partial charge in [0.1, 0.15) is 0 Å². The van der Waals surface area contributed by atoms with Gasteiger partial charge in [-0.3, -0.25) is 9.88 Å². The van der Waals surface area contributed by atoms with E-state index in [9.17, 15) is 0 Å². The molecule has 0 amide bonds. The Morgan fingerprint density at radius 2 is 1.76 bits per heavy atom. The highest BCUT2D eigenvalue weighted by Crippen LogP contribution is 2.30. The maximum atomic E-state index is 4.09. The van der Waals surface area contributed by atoms with E-state index in [0.29, 0.717) is 0 Å². The normalized spacial score (nSPS) is 17.9. The zero-order valence-electron chi connectivity index (χ0n) is 11.3. The topological polar surface area (TPSA) is 16.1 Å². The molecular weight excluding hydrogens is 208 g/mol. The minimum absolute atomic E-state index is 0.248. The van der Waals surface area contributed by atoms with E-state index in [1.807, 2.05) is 12.4 Å². The molecule has 2 nitrogen and oxygen atoms in total. The van der Waals surface area contributed by atoms with Crippen molar-refractivity contribution in [1.82, 2.24) is 9.88 Å². The molecule has 17 heavy (non-hydrogen) atoms. The Labute approximate surface area is 105 Å². The summed E-state index contributed by atoms with van der Waals surface area (Å²) in [5.74, 6) is 0. The van der Waals surface area contributed by atoms with Gasteiger partial charge in [-0.15, -0.1) is 0 Å². The molecule has 1 aromatic rings. The second-order valence-corrected chi connectivity index (χ2v) is 6.09. The van der Waals surface area contributed by atoms with Crippen molar-refractivity contribution in [2.75, 3.05) is 0 Å². The molecule has 0 saturated heterocycles. The lowest BCUT2D eigenvalue weighted by Crippen LogP contribution is -2.46. The Balaban J connectivity index is 2.11. The molecule has 0 N–H and O–H groups in total. The summed E-state index contributed by atoms with van der Waals surface area (Å²) in [6, 6.07) is 5.03. The van der Waals surface area contributed by atoms with Crippen LogP contribution in [0.2, 0.25) is 0 Å². The molecule has 0 unspecified atom stereocenters. The van der Waals surface area contributed by atoms with Gasteiger partial charge >= 0.3 is 0 Å². The number of aromatic nitrogens is 1. The third kappa shape index (κ3) is 3.29. The Bertz CT molecular complexity index is 334. The highest BCUT2D eigenvalue weighted by atomic mass is 15.2. The third-order valence-electron chi connectivity index (χ3n) is 3.73. The standard InChI is InChI=1S/C15H24N2/c1-15(2,3)17(14-6-4-5-7-14)12-13-8-10-16-11-9-13/h8-11,14H,4-7,12H2,1-3H3. The second-order valence-electron chi connectivity index (χ2n) is 6.09. The molecule has 1 aliphatic rings. The maximum absolute atomic E-state index is 4.09. The highest BCUT2D eigenvalue weighted by molar-refractivity contribution is 5.10. The van der Waals surface area contributed by atoms with E-state index in [1.165, 1.54) is 31.2 Å². The summed E-state index contributed by atoms with van der Waals surface area (Å²) in [6.07, 6.45) is 9.31. The highest BCUT2D eigenvalue weighted by Gasteiger charge is 2.30. The van der Waals surface area contributed by atoms with Gasteiger partial charge in [0.15, 0.2) is 0 Å². The van der Waals surface area contributed by atoms with Crippen molar-refractivity contribution in [2.24, 2.45) is 0 Å². The van der Waals surface area contributed by atoms with Crippen LogP contribution in [-0.2, 0) is 6.54 Å². The van der Waals surface area contributed by atoms with Crippen LogP contribution in [0.4, 0.5) is 0 Å². The molecule has 0 aliphatic heterocycles. The zero-order valence-corrected chi connectivity index (χ0v) is 11.3. The van der Waals surface area contributed by atoms with Crippen LogP contribution in [0, 0.1) is 0 Å². The molecule has 0 spiro atoms. The molecule has 1 aromatic heterocycles. The SMILES string of the molecule is CC(C)(C)N(Cc1ccncc1)C1CCCC1. The minimum atomic E-state index is 0.248. The Hall–Kier alpha value is -0.890. The predicted octanol–water partition coefficient (Wildman–Crippen LogP) is 3.62. The number of nitrogens with zero attached hydrogens (tertiary/aromatic N) is 2. The number of hydrogen-bond acceptors (Lipinski definition) is 2. The van der Waals surface area contributed by atoms with Gasteiger partial charge in [0.25, 0.3) is 0 Å². The third-order valence-corrected chi connectivity index (χ3v) is 3.73. The van der Waals surface area contributed by atoms with E-state index in [4.69, 9.17) is 0 Å². The first kappa shape index (κ1) is 12.6. The fourth-order valence-electron chi connectivity index (χ4n) is 2.81. The molecule has 1 aliphatic carbocycles. The Kier molecular flexibility index (Phi) is 3.82. The van der Waals surface area contributed by atoms with Crippen molar-refractivity contribution < 1.29 is 0 Å². The first-order chi connectivity index (χ1) is 8.07. The van der Waals surface area contributed by atoms with Crippen molar-refractivity contribution in [3.8, 4) is 0 Å². The predicted molar refractivity (Wildman–Crippen MR) is 71.8 cm³/mol. The summed E-state index contributed by atoms with van der Waals surface area (Å²) in [6.45, 7) is 8.03. The molecule has 0 atom stereocenters. The van der Waals surface area contributed by atoms with Crippen molar-refractivity contribution in [3.05, 3.63) is 30.1 Å². The van der Waals surface area contributed by atoms with Crippen LogP contribution < -0.4 is 0 Å². The Morgan fingerprint density at radius 1 is 1.18 bits per heavy atom. The lowest BCUT2D eigenvalue weighted by Gasteiger charge is -2.40. The van der Waals surface area contributed by atoms with E-state index in [1.54, 1.807) is 0 Å². The second kappa shape index (κ2) is 5.18. The minimum Gasteiger partial charge on any atom is -0.291 e. The van der Waals surface area contributed by atoms with Crippen molar-refractivity contribution in [2.45, 2.75) is 64.6 Å². The van der Waals surface area contributed by atoms with Gasteiger partial charge in [0.05, 0.1) is 0 Å². The van der Waals surface area contributed by atoms with Gasteiger partial charge in [-0.05, 0) is 51.3 Å². The smallest absolute Gasteiger partial charge is 0.0271 e. The van der Waals surface area contributed by atoms with Gasteiger partial charge in [-0.25, -0.2) is 0 Å². The number of hydrogen-bond donors (Lipinski definition) is 0. The molecule has 0 bridgehead atoms. The average molecular weight is 232 g/mol. The maximum Gasteiger partial charge on any atom is 0.0271 e. The fraction of sp³-hybridized carbons (Fsp3) is 0.667. The van der Waals surface area contributed by atoms with E-state index in [2.05, 4.69) is 42.8 Å². The first-order valence-corrected chi connectivity index (χ1v) is 6.73. The van der Waals surface area contributed by atoms with E-state index in [0.717, 1.165) is 12.6 Å². The van der Waals surface area contributed by atoms with Gasteiger partial charge in [-0.2, -0.15) is 0 Å². The van der Waals surface area contributed by atoms with Crippen molar-refractivity contribution >= 4 is 0 Å². The lowest BCUT2D eigenvalue weighted by atomic mass is 10.0. The van der Waals surface area contributed by atoms with Crippen LogP contribution >= 0.6 is 0 Å². The van der Waals surface area contributed by atoms with Gasteiger partial charge < -0.3 is 0 Å². The molecule has 2 rings (SSSR count). The van der Waals surface area contributed by atoms with Crippen LogP contribution in [0.1, 0.15) is 52.0 Å². The van der Waals surface area contributed by atoms with Crippen LogP contribution in [0.3, 0.4) is 0 Å². The molecule has 0 aromatic carbocycles. The van der Waals surface area contributed by atoms with Crippen LogP contribution in [0.15, 0.2) is 24.5 Å². The van der Waals surface area contributed by atoms with Crippen LogP contribution in [0.5, 0.6) is 0 Å². The number of pyridine rings is 1. The van der Waals surface area contributed by atoms with Gasteiger partial charge in [-0.1, -0.05) is 12.8 Å². The average Bonchev–Trinajstić information content (AvgIpc) is 2.79. The van der Waals surface area contributed by atoms with E-state index >= 15 is 0 Å². The molecule has 1 fully saturated rings. The largest absolute Gasteiger partial charge is 0.291 e. The van der Waals surface area contributed by atoms with Gasteiger partial charge in [0, 0.05) is 30.5 Å². The summed E-state index contributed by atoms with van der Waals surface area (Å²) in [5.41, 5.74) is 1.62. The van der Waals surface area contributed by atoms with E-state index in [-0.39, 0.29) is 5.54 Å². The zero-order chi connectivity index (χ0) is 12.3. The van der Waals surface area contributed by atoms with Crippen molar-refractivity contribution in [3.63, 3.8) is 0 Å². The summed E-state index contributed by atoms with van der Waals surface area (Å²) >= 11 is 0. The van der Waals surface area contributed by atoms with E-state index < -0.39 is 0 Å². The summed E-state index contributed by atoms with van der Waals surface area (Å²) in [5, 5.41) is 0. The molecule has 94 valence electrons.